The van der Waals surface area contributed by atoms with E-state index in [0.29, 0.717) is 32.1 Å². The molecule has 32 heavy (non-hydrogen) atoms. The number of sulfonamides is 1. The van der Waals surface area contributed by atoms with Crippen molar-refractivity contribution in [3.8, 4) is 5.75 Å². The molecule has 1 atom stereocenters. The molecule has 9 heteroatoms. The van der Waals surface area contributed by atoms with E-state index in [1.807, 2.05) is 47.8 Å². The fraction of sp³-hybridized carbons (Fsp3) is 0.261. The van der Waals surface area contributed by atoms with Crippen LogP contribution in [0.15, 0.2) is 77.0 Å². The summed E-state index contributed by atoms with van der Waals surface area (Å²) in [7, 11) is -3.56. The molecule has 7 nitrogen and oxygen atoms in total. The number of nitrogens with zero attached hydrogens (tertiary/aromatic N) is 1. The van der Waals surface area contributed by atoms with Gasteiger partial charge in [0.1, 0.15) is 5.75 Å². The molecule has 1 saturated heterocycles. The monoisotopic (exact) mass is 472 g/mol. The maximum absolute atomic E-state index is 12.7. The summed E-state index contributed by atoms with van der Waals surface area (Å²) in [6.07, 6.45) is 0. The molecule has 168 valence electrons. The second-order valence-electron chi connectivity index (χ2n) is 7.20. The molecule has 0 radical (unpaired) electrons. The largest absolute Gasteiger partial charge is 0.484 e. The van der Waals surface area contributed by atoms with Gasteiger partial charge in [-0.2, -0.15) is 4.31 Å². The molecular weight excluding hydrogens is 448 g/mol. The van der Waals surface area contributed by atoms with Crippen LogP contribution in [0.2, 0.25) is 0 Å². The third-order valence-electron chi connectivity index (χ3n) is 5.07. The maximum Gasteiger partial charge on any atom is 0.258 e. The first-order chi connectivity index (χ1) is 15.5. The van der Waals surface area contributed by atoms with Crippen LogP contribution in [0.5, 0.6) is 5.75 Å². The van der Waals surface area contributed by atoms with Crippen molar-refractivity contribution in [2.75, 3.05) is 32.9 Å². The molecule has 0 saturated carbocycles. The van der Waals surface area contributed by atoms with E-state index in [9.17, 15) is 13.2 Å². The predicted octanol–water partition coefficient (Wildman–Crippen LogP) is 3.05. The van der Waals surface area contributed by atoms with Crippen molar-refractivity contribution < 1.29 is 22.7 Å². The smallest absolute Gasteiger partial charge is 0.258 e. The molecule has 1 fully saturated rings. The maximum atomic E-state index is 12.7. The molecule has 1 unspecified atom stereocenters. The molecule has 0 spiro atoms. The Hall–Kier alpha value is -2.72. The molecule has 1 aromatic heterocycles. The van der Waals surface area contributed by atoms with Gasteiger partial charge in [-0.15, -0.1) is 11.3 Å². The average molecular weight is 473 g/mol. The Morgan fingerprint density at radius 2 is 1.75 bits per heavy atom. The van der Waals surface area contributed by atoms with Crippen LogP contribution in [0.1, 0.15) is 16.5 Å². The van der Waals surface area contributed by atoms with Crippen LogP contribution in [-0.4, -0.2) is 51.5 Å². The number of morpholine rings is 1. The van der Waals surface area contributed by atoms with Gasteiger partial charge in [0.05, 0.1) is 24.2 Å². The summed E-state index contributed by atoms with van der Waals surface area (Å²) in [4.78, 5) is 13.8. The number of hydrogen-bond acceptors (Lipinski definition) is 6. The van der Waals surface area contributed by atoms with Gasteiger partial charge in [0.15, 0.2) is 6.61 Å². The van der Waals surface area contributed by atoms with Gasteiger partial charge >= 0.3 is 0 Å². The van der Waals surface area contributed by atoms with Gasteiger partial charge in [-0.25, -0.2) is 8.42 Å². The zero-order chi connectivity index (χ0) is 22.4. The number of carbonyl (C=O) groups excluding carboxylic acids is 1. The SMILES string of the molecule is O=C(COc1ccc(S(=O)(=O)N2CCOCC2)cc1)NC(c1ccccc1)c1cccs1. The number of amides is 1. The highest BCUT2D eigenvalue weighted by Gasteiger charge is 2.26. The van der Waals surface area contributed by atoms with E-state index in [1.54, 1.807) is 23.5 Å². The van der Waals surface area contributed by atoms with Crippen LogP contribution in [0.3, 0.4) is 0 Å². The van der Waals surface area contributed by atoms with Crippen molar-refractivity contribution in [3.05, 3.63) is 82.6 Å². The Morgan fingerprint density at radius 1 is 1.03 bits per heavy atom. The lowest BCUT2D eigenvalue weighted by Crippen LogP contribution is -2.40. The average Bonchev–Trinajstić information content (AvgIpc) is 3.37. The third-order valence-corrected chi connectivity index (χ3v) is 7.92. The van der Waals surface area contributed by atoms with Crippen molar-refractivity contribution >= 4 is 27.3 Å². The van der Waals surface area contributed by atoms with Gasteiger partial charge in [-0.05, 0) is 41.3 Å². The van der Waals surface area contributed by atoms with Gasteiger partial charge in [-0.3, -0.25) is 4.79 Å². The lowest BCUT2D eigenvalue weighted by atomic mass is 10.1. The Morgan fingerprint density at radius 3 is 2.41 bits per heavy atom. The van der Waals surface area contributed by atoms with E-state index >= 15 is 0 Å². The van der Waals surface area contributed by atoms with Gasteiger partial charge in [0.2, 0.25) is 10.0 Å². The van der Waals surface area contributed by atoms with E-state index in [1.165, 1.54) is 16.4 Å². The normalized spacial score (nSPS) is 15.8. The van der Waals surface area contributed by atoms with Crippen molar-refractivity contribution in [3.63, 3.8) is 0 Å². The third kappa shape index (κ3) is 5.36. The van der Waals surface area contributed by atoms with Crippen LogP contribution in [-0.2, 0) is 19.6 Å². The van der Waals surface area contributed by atoms with Crippen molar-refractivity contribution in [1.29, 1.82) is 0 Å². The second kappa shape index (κ2) is 10.3. The summed E-state index contributed by atoms with van der Waals surface area (Å²) in [5.41, 5.74) is 0.987. The zero-order valence-corrected chi connectivity index (χ0v) is 19.0. The quantitative estimate of drug-likeness (QED) is 0.545. The highest BCUT2D eigenvalue weighted by molar-refractivity contribution is 7.89. The number of rotatable bonds is 8. The molecule has 0 bridgehead atoms. The molecule has 0 aliphatic carbocycles. The number of nitrogens with one attached hydrogen (secondary N) is 1. The van der Waals surface area contributed by atoms with Gasteiger partial charge in [-0.1, -0.05) is 36.4 Å². The molecular formula is C23H24N2O5S2. The van der Waals surface area contributed by atoms with E-state index < -0.39 is 10.0 Å². The second-order valence-corrected chi connectivity index (χ2v) is 10.1. The fourth-order valence-corrected chi connectivity index (χ4v) is 5.63. The summed E-state index contributed by atoms with van der Waals surface area (Å²) in [5, 5.41) is 4.99. The molecule has 1 amide bonds. The van der Waals surface area contributed by atoms with E-state index in [0.717, 1.165) is 10.4 Å². The lowest BCUT2D eigenvalue weighted by Gasteiger charge is -2.26. The Balaban J connectivity index is 1.37. The first-order valence-corrected chi connectivity index (χ1v) is 12.5. The zero-order valence-electron chi connectivity index (χ0n) is 17.3. The first kappa shape index (κ1) is 22.5. The molecule has 2 aromatic carbocycles. The standard InChI is InChI=1S/C23H24N2O5S2/c26-22(24-23(21-7-4-16-31-21)18-5-2-1-3-6-18)17-30-19-8-10-20(11-9-19)32(27,28)25-12-14-29-15-13-25/h1-11,16,23H,12-15,17H2,(H,24,26). The fourth-order valence-electron chi connectivity index (χ4n) is 3.42. The molecule has 3 aromatic rings. The van der Waals surface area contributed by atoms with Crippen molar-refractivity contribution in [2.45, 2.75) is 10.9 Å². The predicted molar refractivity (Wildman–Crippen MR) is 122 cm³/mol. The molecule has 4 rings (SSSR count). The summed E-state index contributed by atoms with van der Waals surface area (Å²) in [6.45, 7) is 1.29. The minimum atomic E-state index is -3.56. The minimum Gasteiger partial charge on any atom is -0.484 e. The highest BCUT2D eigenvalue weighted by atomic mass is 32.2. The number of thiophene rings is 1. The Labute approximate surface area is 191 Å². The van der Waals surface area contributed by atoms with E-state index in [-0.39, 0.29) is 23.5 Å². The molecule has 1 N–H and O–H groups in total. The van der Waals surface area contributed by atoms with Crippen molar-refractivity contribution in [1.82, 2.24) is 9.62 Å². The number of hydrogen-bond donors (Lipinski definition) is 1. The Bertz CT molecular complexity index is 1110. The van der Waals surface area contributed by atoms with Crippen LogP contribution >= 0.6 is 11.3 Å². The minimum absolute atomic E-state index is 0.176. The van der Waals surface area contributed by atoms with E-state index in [2.05, 4.69) is 5.32 Å². The number of benzene rings is 2. The molecule has 1 aliphatic heterocycles. The molecule has 1 aliphatic rings. The van der Waals surface area contributed by atoms with Crippen LogP contribution in [0.4, 0.5) is 0 Å². The van der Waals surface area contributed by atoms with E-state index in [4.69, 9.17) is 9.47 Å². The first-order valence-electron chi connectivity index (χ1n) is 10.2. The molecule has 2 heterocycles. The lowest BCUT2D eigenvalue weighted by molar-refractivity contribution is -0.123. The van der Waals surface area contributed by atoms with Crippen LogP contribution in [0.25, 0.3) is 0 Å². The Kier molecular flexibility index (Phi) is 7.21. The summed E-state index contributed by atoms with van der Waals surface area (Å²) >= 11 is 1.57. The summed E-state index contributed by atoms with van der Waals surface area (Å²) < 4.78 is 37.6. The van der Waals surface area contributed by atoms with Crippen LogP contribution in [0, 0.1) is 0 Å². The highest BCUT2D eigenvalue weighted by Crippen LogP contribution is 2.26. The summed E-state index contributed by atoms with van der Waals surface area (Å²) in [5.74, 6) is 0.158. The summed E-state index contributed by atoms with van der Waals surface area (Å²) in [6, 6.07) is 19.5. The van der Waals surface area contributed by atoms with Gasteiger partial charge in [0, 0.05) is 18.0 Å². The van der Waals surface area contributed by atoms with Crippen molar-refractivity contribution in [2.24, 2.45) is 0 Å². The number of carbonyl (C=O) groups is 1. The van der Waals surface area contributed by atoms with Gasteiger partial charge < -0.3 is 14.8 Å². The van der Waals surface area contributed by atoms with Gasteiger partial charge in [0.25, 0.3) is 5.91 Å². The van der Waals surface area contributed by atoms with Crippen LogP contribution < -0.4 is 10.1 Å². The topological polar surface area (TPSA) is 84.9 Å². The number of ether oxygens (including phenoxy) is 2.